The summed E-state index contributed by atoms with van der Waals surface area (Å²) in [6.07, 6.45) is 9.12. The number of rotatable bonds is 8. The maximum Gasteiger partial charge on any atom is 0.201 e. The predicted molar refractivity (Wildman–Crippen MR) is 133 cm³/mol. The minimum Gasteiger partial charge on any atom is -0.486 e. The third-order valence-corrected chi connectivity index (χ3v) is 6.46. The van der Waals surface area contributed by atoms with Crippen molar-refractivity contribution in [3.8, 4) is 28.0 Å². The van der Waals surface area contributed by atoms with Crippen molar-refractivity contribution >= 4 is 5.57 Å². The van der Waals surface area contributed by atoms with E-state index >= 15 is 0 Å². The molecule has 0 heterocycles. The molecule has 1 atom stereocenters. The lowest BCUT2D eigenvalue weighted by Gasteiger charge is -2.22. The number of hydrogen-bond acceptors (Lipinski definition) is 1. The molecule has 1 unspecified atom stereocenters. The van der Waals surface area contributed by atoms with Gasteiger partial charge in [0.25, 0.3) is 0 Å². The lowest BCUT2D eigenvalue weighted by atomic mass is 9.84. The van der Waals surface area contributed by atoms with Gasteiger partial charge in [-0.05, 0) is 65.6 Å². The molecule has 0 bridgehead atoms. The van der Waals surface area contributed by atoms with Crippen LogP contribution in [0.5, 0.6) is 5.75 Å². The van der Waals surface area contributed by atoms with Crippen LogP contribution in [-0.2, 0) is 0 Å². The monoisotopic (exact) mass is 462 g/mol. The topological polar surface area (TPSA) is 9.23 Å². The van der Waals surface area contributed by atoms with Gasteiger partial charge in [-0.25, -0.2) is 8.78 Å². The molecular weight excluding hydrogens is 433 g/mol. The highest BCUT2D eigenvalue weighted by molar-refractivity contribution is 5.74. The zero-order valence-electron chi connectivity index (χ0n) is 19.4. The van der Waals surface area contributed by atoms with Gasteiger partial charge in [0.1, 0.15) is 12.4 Å². The van der Waals surface area contributed by atoms with Crippen LogP contribution in [0.25, 0.3) is 27.8 Å². The van der Waals surface area contributed by atoms with E-state index < -0.39 is 11.6 Å². The zero-order chi connectivity index (χ0) is 24.1. The first kappa shape index (κ1) is 23.9. The highest BCUT2D eigenvalue weighted by Crippen LogP contribution is 2.35. The Labute approximate surface area is 199 Å². The maximum absolute atomic E-state index is 15.0. The van der Waals surface area contributed by atoms with Gasteiger partial charge in [-0.2, -0.15) is 4.39 Å². The molecule has 0 N–H and O–H groups in total. The van der Waals surface area contributed by atoms with Crippen molar-refractivity contribution in [1.82, 2.24) is 0 Å². The molecule has 176 valence electrons. The molecule has 34 heavy (non-hydrogen) atoms. The van der Waals surface area contributed by atoms with Crippen molar-refractivity contribution in [1.29, 1.82) is 0 Å². The van der Waals surface area contributed by atoms with Crippen LogP contribution < -0.4 is 4.74 Å². The van der Waals surface area contributed by atoms with E-state index in [0.29, 0.717) is 17.0 Å². The average Bonchev–Trinajstić information content (AvgIpc) is 2.86. The summed E-state index contributed by atoms with van der Waals surface area (Å²) in [4.78, 5) is 0. The molecule has 1 nitrogen and oxygen atoms in total. The van der Waals surface area contributed by atoms with Crippen molar-refractivity contribution < 1.29 is 17.9 Å². The second-order valence-electron chi connectivity index (χ2n) is 8.77. The predicted octanol–water partition coefficient (Wildman–Crippen LogP) is 8.99. The minimum absolute atomic E-state index is 0.0937. The van der Waals surface area contributed by atoms with Crippen LogP contribution in [-0.4, -0.2) is 6.61 Å². The molecule has 4 rings (SSSR count). The fraction of sp³-hybridized carbons (Fsp3) is 0.267. The highest BCUT2D eigenvalue weighted by atomic mass is 19.2. The van der Waals surface area contributed by atoms with Crippen LogP contribution in [0.4, 0.5) is 13.2 Å². The molecule has 4 heteroatoms. The summed E-state index contributed by atoms with van der Waals surface area (Å²) in [5.41, 5.74) is 3.98. The van der Waals surface area contributed by atoms with Crippen LogP contribution in [0.1, 0.15) is 44.6 Å². The van der Waals surface area contributed by atoms with E-state index in [4.69, 9.17) is 4.74 Å². The van der Waals surface area contributed by atoms with Crippen molar-refractivity contribution in [2.45, 2.75) is 39.0 Å². The summed E-state index contributed by atoms with van der Waals surface area (Å²) >= 11 is 0. The van der Waals surface area contributed by atoms with Gasteiger partial charge in [-0.15, -0.1) is 0 Å². The number of benzene rings is 3. The summed E-state index contributed by atoms with van der Waals surface area (Å²) in [6.45, 7) is 5.80. The average molecular weight is 463 g/mol. The Kier molecular flexibility index (Phi) is 7.56. The molecule has 0 amide bonds. The Morgan fingerprint density at radius 1 is 0.912 bits per heavy atom. The fourth-order valence-corrected chi connectivity index (χ4v) is 4.62. The lowest BCUT2D eigenvalue weighted by Crippen LogP contribution is -2.05. The van der Waals surface area contributed by atoms with E-state index in [0.717, 1.165) is 36.0 Å². The smallest absolute Gasteiger partial charge is 0.201 e. The van der Waals surface area contributed by atoms with Gasteiger partial charge in [0.15, 0.2) is 11.6 Å². The Morgan fingerprint density at radius 3 is 2.26 bits per heavy atom. The molecule has 3 aromatic rings. The number of hydrogen-bond donors (Lipinski definition) is 0. The zero-order valence-corrected chi connectivity index (χ0v) is 19.4. The van der Waals surface area contributed by atoms with Crippen LogP contribution in [0.15, 0.2) is 73.3 Å². The summed E-state index contributed by atoms with van der Waals surface area (Å²) in [5, 5.41) is 0. The standard InChI is InChI=1S/C30H29F3O/c1-3-5-20-6-8-22(9-7-20)25-15-14-24(19-27(25)31)21-10-12-23(13-11-21)26-16-17-28(34-18-4-2)30(33)29(26)32/h4,8,10-17,19-20H,2-3,5-7,9,18H2,1H3. The Morgan fingerprint density at radius 2 is 1.62 bits per heavy atom. The van der Waals surface area contributed by atoms with Gasteiger partial charge < -0.3 is 4.74 Å². The normalized spacial score (nSPS) is 15.6. The van der Waals surface area contributed by atoms with Gasteiger partial charge in [-0.1, -0.05) is 74.9 Å². The van der Waals surface area contributed by atoms with E-state index in [1.54, 1.807) is 30.3 Å². The first-order valence-corrected chi connectivity index (χ1v) is 11.8. The van der Waals surface area contributed by atoms with E-state index in [1.807, 2.05) is 12.1 Å². The van der Waals surface area contributed by atoms with Crippen molar-refractivity contribution in [3.05, 3.63) is 96.3 Å². The summed E-state index contributed by atoms with van der Waals surface area (Å²) in [6, 6.07) is 15.2. The molecule has 1 aliphatic carbocycles. The molecular formula is C30H29F3O. The fourth-order valence-electron chi connectivity index (χ4n) is 4.62. The molecule has 0 aliphatic heterocycles. The first-order chi connectivity index (χ1) is 16.5. The molecule has 3 aromatic carbocycles. The van der Waals surface area contributed by atoms with Crippen LogP contribution in [0.3, 0.4) is 0 Å². The van der Waals surface area contributed by atoms with Gasteiger partial charge >= 0.3 is 0 Å². The largest absolute Gasteiger partial charge is 0.486 e. The van der Waals surface area contributed by atoms with Crippen LogP contribution in [0, 0.1) is 23.4 Å². The van der Waals surface area contributed by atoms with Gasteiger partial charge in [0.2, 0.25) is 5.82 Å². The van der Waals surface area contributed by atoms with E-state index in [-0.39, 0.29) is 23.7 Å². The Bertz CT molecular complexity index is 1190. The molecule has 1 aliphatic rings. The SMILES string of the molecule is C=CCOc1ccc(-c2ccc(-c3ccc(C4=CCC(CCC)CC4)c(F)c3)cc2)c(F)c1F. The van der Waals surface area contributed by atoms with Crippen molar-refractivity contribution in [2.24, 2.45) is 5.92 Å². The molecule has 0 radical (unpaired) electrons. The van der Waals surface area contributed by atoms with Crippen LogP contribution in [0.2, 0.25) is 0 Å². The Hall–Kier alpha value is -3.27. The van der Waals surface area contributed by atoms with E-state index in [9.17, 15) is 13.2 Å². The minimum atomic E-state index is -1.03. The molecule has 0 aromatic heterocycles. The summed E-state index contributed by atoms with van der Waals surface area (Å²) in [5.74, 6) is -1.66. The van der Waals surface area contributed by atoms with Gasteiger partial charge in [0.05, 0.1) is 0 Å². The summed E-state index contributed by atoms with van der Waals surface area (Å²) < 4.78 is 49.1. The Balaban J connectivity index is 1.53. The van der Waals surface area contributed by atoms with E-state index in [1.165, 1.54) is 31.1 Å². The number of allylic oxidation sites excluding steroid dienone is 2. The molecule has 0 saturated carbocycles. The van der Waals surface area contributed by atoms with Crippen molar-refractivity contribution in [3.63, 3.8) is 0 Å². The second-order valence-corrected chi connectivity index (χ2v) is 8.77. The second kappa shape index (κ2) is 10.8. The summed E-state index contributed by atoms with van der Waals surface area (Å²) in [7, 11) is 0. The highest BCUT2D eigenvalue weighted by Gasteiger charge is 2.18. The quantitative estimate of drug-likeness (QED) is 0.304. The maximum atomic E-state index is 15.0. The molecule has 0 fully saturated rings. The molecule has 0 spiro atoms. The number of ether oxygens (including phenoxy) is 1. The molecule has 0 saturated heterocycles. The third kappa shape index (κ3) is 5.11. The number of halogens is 3. The van der Waals surface area contributed by atoms with Crippen molar-refractivity contribution in [2.75, 3.05) is 6.61 Å². The first-order valence-electron chi connectivity index (χ1n) is 11.8. The van der Waals surface area contributed by atoms with Crippen LogP contribution >= 0.6 is 0 Å². The van der Waals surface area contributed by atoms with Gasteiger partial charge in [0, 0.05) is 11.1 Å². The third-order valence-electron chi connectivity index (χ3n) is 6.46. The lowest BCUT2D eigenvalue weighted by molar-refractivity contribution is 0.333. The van der Waals surface area contributed by atoms with Gasteiger partial charge in [-0.3, -0.25) is 0 Å². The van der Waals surface area contributed by atoms with E-state index in [2.05, 4.69) is 19.6 Å².